The second kappa shape index (κ2) is 12.2. The largest absolute Gasteiger partial charge is 0.391 e. The summed E-state index contributed by atoms with van der Waals surface area (Å²) in [6.07, 6.45) is 34.1. The van der Waals surface area contributed by atoms with Gasteiger partial charge in [0.2, 0.25) is 0 Å². The van der Waals surface area contributed by atoms with Crippen LogP contribution in [0.25, 0.3) is 22.7 Å². The van der Waals surface area contributed by atoms with Crippen LogP contribution in [0.1, 0.15) is 48.4 Å². The van der Waals surface area contributed by atoms with E-state index in [2.05, 4.69) is 161 Å². The standard InChI is InChI=1S/C45H44N4Si/c1-2-11-32(12-3-1)48-44-19-9-6-16-40(44)41-29-35(24-25-45(41)48)50(37-26-28-47-31-37,36-13-10-27-46-30-36)34-22-20-33(21-23-34)49-42-17-7-4-14-38(42)39-15-5-8-18-43(39)49/h1-7,9-12,14-17,19-22,24-25,27-29,34,36-37,40,44,46H,8,13,18,23,26,30-31H2. The molecule has 3 aliphatic heterocycles. The highest BCUT2D eigenvalue weighted by Crippen LogP contribution is 2.53. The topological polar surface area (TPSA) is 32.6 Å². The van der Waals surface area contributed by atoms with Crippen LogP contribution < -0.4 is 15.4 Å². The van der Waals surface area contributed by atoms with Gasteiger partial charge in [-0.2, -0.15) is 0 Å². The van der Waals surface area contributed by atoms with Crippen LogP contribution in [0, 0.1) is 0 Å². The highest BCUT2D eigenvalue weighted by Gasteiger charge is 2.54. The Morgan fingerprint density at radius 2 is 1.72 bits per heavy atom. The molecule has 0 bridgehead atoms. The molecule has 10 rings (SSSR count). The highest BCUT2D eigenvalue weighted by atomic mass is 28.3. The van der Waals surface area contributed by atoms with E-state index in [9.17, 15) is 0 Å². The van der Waals surface area contributed by atoms with Crippen molar-refractivity contribution in [3.05, 3.63) is 151 Å². The van der Waals surface area contributed by atoms with Gasteiger partial charge in [-0.3, -0.25) is 4.99 Å². The van der Waals surface area contributed by atoms with Crippen LogP contribution in [-0.4, -0.2) is 38.0 Å². The monoisotopic (exact) mass is 668 g/mol. The van der Waals surface area contributed by atoms with E-state index >= 15 is 0 Å². The van der Waals surface area contributed by atoms with Crippen molar-refractivity contribution < 1.29 is 0 Å². The van der Waals surface area contributed by atoms with Gasteiger partial charge in [0.15, 0.2) is 0 Å². The van der Waals surface area contributed by atoms with E-state index < -0.39 is 8.07 Å². The molecule has 6 aliphatic rings. The Hall–Kier alpha value is -4.87. The zero-order valence-corrected chi connectivity index (χ0v) is 29.5. The molecule has 4 heterocycles. The Morgan fingerprint density at radius 3 is 2.56 bits per heavy atom. The Balaban J connectivity index is 1.11. The van der Waals surface area contributed by atoms with Gasteiger partial charge in [0.05, 0.1) is 11.6 Å². The van der Waals surface area contributed by atoms with E-state index in [0.717, 1.165) is 45.2 Å². The first-order valence-corrected chi connectivity index (χ1v) is 20.9. The average molecular weight is 669 g/mol. The summed E-state index contributed by atoms with van der Waals surface area (Å²) in [6.45, 7) is 2.00. The number of nitrogens with one attached hydrogen (secondary N) is 1. The second-order valence-electron chi connectivity index (χ2n) is 14.9. The third kappa shape index (κ3) is 4.52. The van der Waals surface area contributed by atoms with Crippen LogP contribution in [0.4, 0.5) is 11.4 Å². The van der Waals surface area contributed by atoms with Crippen LogP contribution >= 0.6 is 0 Å². The number of hydrogen-bond acceptors (Lipinski definition) is 3. The van der Waals surface area contributed by atoms with E-state index in [1.54, 1.807) is 5.19 Å². The molecule has 0 saturated heterocycles. The van der Waals surface area contributed by atoms with Gasteiger partial charge in [0, 0.05) is 52.7 Å². The number of aliphatic imine (C=N–C) groups is 1. The molecule has 3 aromatic carbocycles. The maximum absolute atomic E-state index is 4.97. The molecule has 4 nitrogen and oxygen atoms in total. The van der Waals surface area contributed by atoms with Crippen LogP contribution in [-0.2, 0) is 6.42 Å². The summed E-state index contributed by atoms with van der Waals surface area (Å²) >= 11 is 0. The fourth-order valence-electron chi connectivity index (χ4n) is 10.5. The summed E-state index contributed by atoms with van der Waals surface area (Å²) in [5.74, 6) is 0.349. The predicted octanol–water partition coefficient (Wildman–Crippen LogP) is 9.58. The lowest BCUT2D eigenvalue weighted by Crippen LogP contribution is -2.61. The van der Waals surface area contributed by atoms with Gasteiger partial charge >= 0.3 is 0 Å². The maximum atomic E-state index is 4.97. The second-order valence-corrected chi connectivity index (χ2v) is 19.7. The van der Waals surface area contributed by atoms with Gasteiger partial charge in [0.25, 0.3) is 0 Å². The van der Waals surface area contributed by atoms with Crippen LogP contribution in [0.2, 0.25) is 16.6 Å². The van der Waals surface area contributed by atoms with Crippen LogP contribution in [0.15, 0.2) is 139 Å². The van der Waals surface area contributed by atoms with E-state index in [-0.39, 0.29) is 0 Å². The zero-order valence-electron chi connectivity index (χ0n) is 28.5. The molecule has 0 amide bonds. The molecule has 0 saturated carbocycles. The van der Waals surface area contributed by atoms with Crippen molar-refractivity contribution in [2.24, 2.45) is 4.99 Å². The van der Waals surface area contributed by atoms with Gasteiger partial charge in [-0.05, 0) is 97.0 Å². The van der Waals surface area contributed by atoms with Crippen molar-refractivity contribution in [1.29, 1.82) is 0 Å². The number of hydrogen-bond donors (Lipinski definition) is 1. The van der Waals surface area contributed by atoms with Crippen LogP contribution in [0.3, 0.4) is 0 Å². The van der Waals surface area contributed by atoms with Crippen molar-refractivity contribution in [3.63, 3.8) is 0 Å². The number of para-hydroxylation sites is 2. The third-order valence-electron chi connectivity index (χ3n) is 12.6. The normalized spacial score (nSPS) is 27.2. The molecule has 50 heavy (non-hydrogen) atoms. The highest BCUT2D eigenvalue weighted by molar-refractivity contribution is 6.96. The van der Waals surface area contributed by atoms with E-state index in [1.165, 1.54) is 44.8 Å². The number of aromatic nitrogens is 1. The lowest BCUT2D eigenvalue weighted by atomic mass is 9.91. The van der Waals surface area contributed by atoms with Crippen molar-refractivity contribution in [1.82, 2.24) is 9.88 Å². The third-order valence-corrected chi connectivity index (χ3v) is 19.1. The fraction of sp³-hybridized carbons (Fsp3) is 0.267. The van der Waals surface area contributed by atoms with Crippen molar-refractivity contribution in [2.75, 3.05) is 18.0 Å². The minimum Gasteiger partial charge on any atom is -0.391 e. The Morgan fingerprint density at radius 1 is 0.820 bits per heavy atom. The first-order valence-electron chi connectivity index (χ1n) is 18.7. The molecule has 3 aliphatic carbocycles. The predicted molar refractivity (Wildman–Crippen MR) is 214 cm³/mol. The first-order chi connectivity index (χ1) is 24.8. The summed E-state index contributed by atoms with van der Waals surface area (Å²) in [4.78, 5) is 7.54. The first kappa shape index (κ1) is 30.0. The van der Waals surface area contributed by atoms with E-state index in [1.807, 2.05) is 0 Å². The summed E-state index contributed by atoms with van der Waals surface area (Å²) < 4.78 is 2.57. The molecule has 0 spiro atoms. The molecular formula is C45H44N4Si. The Kier molecular flexibility index (Phi) is 7.30. The maximum Gasteiger partial charge on any atom is 0.104 e. The molecule has 4 aromatic rings. The molecule has 248 valence electrons. The number of nitrogens with zero attached hydrogens (tertiary/aromatic N) is 3. The quantitative estimate of drug-likeness (QED) is 0.208. The molecule has 0 radical (unpaired) electrons. The smallest absolute Gasteiger partial charge is 0.104 e. The molecule has 0 fully saturated rings. The SMILES string of the molecule is C1=CC2c3cc([Si](C4C=CC(n5c6c(c7ccccc75)C=CCC6)=CC4)(C4CC=NC4)C4CC=CNC4)ccc3N(c3ccccc3)C2C=C1. The van der Waals surface area contributed by atoms with Gasteiger partial charge in [-0.15, -0.1) is 0 Å². The van der Waals surface area contributed by atoms with Crippen molar-refractivity contribution in [3.8, 4) is 0 Å². The minimum atomic E-state index is -2.29. The Bertz CT molecular complexity index is 2170. The Labute approximate surface area is 296 Å². The molecule has 5 heteroatoms. The van der Waals surface area contributed by atoms with Gasteiger partial charge in [0.1, 0.15) is 8.07 Å². The number of anilines is 2. The van der Waals surface area contributed by atoms with Gasteiger partial charge in [-0.1, -0.05) is 108 Å². The molecule has 1 aromatic heterocycles. The summed E-state index contributed by atoms with van der Waals surface area (Å²) in [5.41, 5.74) is 11.3. The average Bonchev–Trinajstić information content (AvgIpc) is 3.92. The minimum absolute atomic E-state index is 0.301. The lowest BCUT2D eigenvalue weighted by Gasteiger charge is -2.49. The van der Waals surface area contributed by atoms with E-state index in [4.69, 9.17) is 4.99 Å². The number of rotatable bonds is 6. The summed E-state index contributed by atoms with van der Waals surface area (Å²) in [6, 6.07) is 28.0. The van der Waals surface area contributed by atoms with Crippen molar-refractivity contribution >= 4 is 53.5 Å². The lowest BCUT2D eigenvalue weighted by molar-refractivity contribution is 0.666. The van der Waals surface area contributed by atoms with Crippen molar-refractivity contribution in [2.45, 2.75) is 60.7 Å². The molecule has 6 unspecified atom stereocenters. The zero-order chi connectivity index (χ0) is 33.1. The fourth-order valence-corrected chi connectivity index (χ4v) is 17.4. The molecular weight excluding hydrogens is 625 g/mol. The van der Waals surface area contributed by atoms with Gasteiger partial charge < -0.3 is 14.8 Å². The summed E-state index contributed by atoms with van der Waals surface area (Å²) in [7, 11) is -2.29. The van der Waals surface area contributed by atoms with E-state index in [0.29, 0.717) is 28.6 Å². The summed E-state index contributed by atoms with van der Waals surface area (Å²) in [5, 5.41) is 6.72. The number of fused-ring (bicyclic) bond motifs is 6. The number of allylic oxidation sites excluding steroid dienone is 8. The van der Waals surface area contributed by atoms with Gasteiger partial charge in [-0.25, -0.2) is 0 Å². The molecule has 1 N–H and O–H groups in total. The van der Waals surface area contributed by atoms with Crippen LogP contribution in [0.5, 0.6) is 0 Å². The number of benzene rings is 3. The molecule has 6 atom stereocenters.